The molecule has 0 spiro atoms. The van der Waals surface area contributed by atoms with Gasteiger partial charge in [0.1, 0.15) is 0 Å². The minimum Gasteiger partial charge on any atom is -0.369 e. The number of piperazine rings is 1. The van der Waals surface area contributed by atoms with Crippen molar-refractivity contribution in [1.29, 1.82) is 0 Å². The fraction of sp³-hybridized carbons (Fsp3) is 0.409. The number of anilines is 1. The van der Waals surface area contributed by atoms with Gasteiger partial charge >= 0.3 is 11.9 Å². The second-order valence-electron chi connectivity index (χ2n) is 8.55. The molecule has 16 heteroatoms. The van der Waals surface area contributed by atoms with Crippen molar-refractivity contribution in [2.75, 3.05) is 49.1 Å². The molecule has 11 nitrogen and oxygen atoms in total. The molecule has 1 saturated heterocycles. The Balaban J connectivity index is 0.000000342. The molecule has 210 valence electrons. The molecule has 1 aliphatic rings. The summed E-state index contributed by atoms with van der Waals surface area (Å²) in [6.45, 7) is 4.10. The Bertz CT molecular complexity index is 1480. The number of aromatic amines is 1. The van der Waals surface area contributed by atoms with Crippen LogP contribution < -0.4 is 10.6 Å². The summed E-state index contributed by atoms with van der Waals surface area (Å²) in [5.41, 5.74) is 1.56. The average Bonchev–Trinajstić information content (AvgIpc) is 3.16. The highest BCUT2D eigenvalue weighted by molar-refractivity contribution is 7.89. The number of nitrogens with zero attached hydrogens (tertiary/aromatic N) is 3. The minimum absolute atomic E-state index is 0.121. The maximum Gasteiger partial charge on any atom is 0.416 e. The van der Waals surface area contributed by atoms with Crippen LogP contribution >= 0.6 is 0 Å². The number of fused-ring (bicyclic) bond motifs is 1. The topological polar surface area (TPSA) is 153 Å². The summed E-state index contributed by atoms with van der Waals surface area (Å²) in [5, 5.41) is 0. The van der Waals surface area contributed by atoms with Crippen molar-refractivity contribution >= 4 is 37.0 Å². The van der Waals surface area contributed by atoms with Gasteiger partial charge in [0.15, 0.2) is 0 Å². The van der Waals surface area contributed by atoms with Gasteiger partial charge in [-0.05, 0) is 30.3 Å². The third-order valence-electron chi connectivity index (χ3n) is 5.83. The number of halogens is 3. The number of H-pyrrole nitrogens is 1. The van der Waals surface area contributed by atoms with Gasteiger partial charge in [0.05, 0.1) is 28.1 Å². The van der Waals surface area contributed by atoms with Crippen LogP contribution in [0.3, 0.4) is 0 Å². The Morgan fingerprint density at radius 2 is 1.45 bits per heavy atom. The zero-order valence-corrected chi connectivity index (χ0v) is 21.6. The second kappa shape index (κ2) is 11.9. The highest BCUT2D eigenvalue weighted by Crippen LogP contribution is 2.31. The van der Waals surface area contributed by atoms with Crippen molar-refractivity contribution in [2.24, 2.45) is 0 Å². The summed E-state index contributed by atoms with van der Waals surface area (Å²) in [5.74, 6) is -1.96. The van der Waals surface area contributed by atoms with Crippen molar-refractivity contribution in [3.8, 4) is 0 Å². The molecule has 1 fully saturated rings. The standard InChI is InChI=1S/C20H21F3N4O.C2H6O6S2/c21-20(22,23)15-4-3-5-16(14-15)26-11-8-25(9-12-26)10-13-27-18-7-2-1-6-17(18)24-19(27)28;3-9(4,5)1-2-10(6,7)8/h1-7,14H,8-13H2,(H,24,28);1-2H2,(H,3,4,5)(H,6,7,8). The van der Waals surface area contributed by atoms with Crippen LogP contribution in [0.15, 0.2) is 53.3 Å². The highest BCUT2D eigenvalue weighted by Gasteiger charge is 2.31. The van der Waals surface area contributed by atoms with Gasteiger partial charge in [0, 0.05) is 45.0 Å². The minimum atomic E-state index is -4.33. The normalized spacial score (nSPS) is 15.3. The van der Waals surface area contributed by atoms with E-state index in [0.717, 1.165) is 36.7 Å². The molecule has 0 radical (unpaired) electrons. The van der Waals surface area contributed by atoms with E-state index in [1.807, 2.05) is 29.2 Å². The largest absolute Gasteiger partial charge is 0.416 e. The Morgan fingerprint density at radius 1 is 0.842 bits per heavy atom. The second-order valence-corrected chi connectivity index (χ2v) is 11.7. The number of nitrogens with one attached hydrogen (secondary N) is 1. The van der Waals surface area contributed by atoms with E-state index in [9.17, 15) is 34.8 Å². The van der Waals surface area contributed by atoms with Gasteiger partial charge in [0.2, 0.25) is 0 Å². The van der Waals surface area contributed by atoms with E-state index < -0.39 is 43.5 Å². The summed E-state index contributed by atoms with van der Waals surface area (Å²) >= 11 is 0. The van der Waals surface area contributed by atoms with Crippen LogP contribution in [0.2, 0.25) is 0 Å². The van der Waals surface area contributed by atoms with Crippen LogP contribution in [0.1, 0.15) is 5.56 Å². The van der Waals surface area contributed by atoms with Crippen molar-refractivity contribution in [3.05, 3.63) is 64.6 Å². The molecule has 4 rings (SSSR count). The van der Waals surface area contributed by atoms with Crippen molar-refractivity contribution in [3.63, 3.8) is 0 Å². The predicted octanol–water partition coefficient (Wildman–Crippen LogP) is 1.93. The van der Waals surface area contributed by atoms with Crippen molar-refractivity contribution in [2.45, 2.75) is 12.7 Å². The Hall–Kier alpha value is -2.92. The Kier molecular flexibility index (Phi) is 9.25. The van der Waals surface area contributed by atoms with Gasteiger partial charge in [0.25, 0.3) is 20.2 Å². The summed E-state index contributed by atoms with van der Waals surface area (Å²) in [7, 11) is -8.59. The molecule has 0 atom stereocenters. The molecule has 1 aromatic heterocycles. The molecular formula is C22H27F3N4O7S2. The number of hydrogen-bond acceptors (Lipinski definition) is 7. The van der Waals surface area contributed by atoms with Gasteiger partial charge < -0.3 is 9.88 Å². The monoisotopic (exact) mass is 580 g/mol. The van der Waals surface area contributed by atoms with Gasteiger partial charge in [-0.3, -0.25) is 18.6 Å². The highest BCUT2D eigenvalue weighted by atomic mass is 32.2. The molecule has 0 bridgehead atoms. The number of alkyl halides is 3. The molecule has 2 aromatic carbocycles. The number of aromatic nitrogens is 2. The number of imidazole rings is 1. The van der Waals surface area contributed by atoms with E-state index in [1.165, 1.54) is 12.1 Å². The van der Waals surface area contributed by atoms with E-state index in [1.54, 1.807) is 10.6 Å². The number of hydrogen-bond donors (Lipinski definition) is 3. The lowest BCUT2D eigenvalue weighted by Crippen LogP contribution is -2.47. The molecule has 3 aromatic rings. The maximum atomic E-state index is 12.9. The maximum absolute atomic E-state index is 12.9. The quantitative estimate of drug-likeness (QED) is 0.356. The molecule has 1 aliphatic heterocycles. The van der Waals surface area contributed by atoms with Crippen LogP contribution in [0, 0.1) is 0 Å². The molecule has 3 N–H and O–H groups in total. The van der Waals surface area contributed by atoms with E-state index in [2.05, 4.69) is 9.88 Å². The van der Waals surface area contributed by atoms with E-state index in [-0.39, 0.29) is 5.69 Å². The van der Waals surface area contributed by atoms with E-state index in [0.29, 0.717) is 25.3 Å². The van der Waals surface area contributed by atoms with Gasteiger partial charge in [-0.1, -0.05) is 18.2 Å². The molecule has 2 heterocycles. The van der Waals surface area contributed by atoms with Crippen LogP contribution in [-0.2, 0) is 33.0 Å². The Labute approximate surface area is 217 Å². The lowest BCUT2D eigenvalue weighted by atomic mass is 10.1. The molecule has 0 aliphatic carbocycles. The van der Waals surface area contributed by atoms with Gasteiger partial charge in [-0.15, -0.1) is 0 Å². The van der Waals surface area contributed by atoms with E-state index in [4.69, 9.17) is 9.11 Å². The first kappa shape index (κ1) is 29.6. The van der Waals surface area contributed by atoms with Gasteiger partial charge in [-0.25, -0.2) is 4.79 Å². The van der Waals surface area contributed by atoms with Crippen LogP contribution in [-0.4, -0.2) is 84.6 Å². The number of benzene rings is 2. The SMILES string of the molecule is O=S(=O)(O)CCS(=O)(=O)O.O=c1[nH]c2ccccc2n1CCN1CCN(c2cccc(C(F)(F)F)c2)CC1. The average molecular weight is 581 g/mol. The summed E-state index contributed by atoms with van der Waals surface area (Å²) in [6, 6.07) is 13.1. The van der Waals surface area contributed by atoms with Crippen molar-refractivity contribution in [1.82, 2.24) is 14.5 Å². The van der Waals surface area contributed by atoms with E-state index >= 15 is 0 Å². The van der Waals surface area contributed by atoms with Crippen LogP contribution in [0.5, 0.6) is 0 Å². The lowest BCUT2D eigenvalue weighted by Gasteiger charge is -2.36. The predicted molar refractivity (Wildman–Crippen MR) is 135 cm³/mol. The van der Waals surface area contributed by atoms with Crippen molar-refractivity contribution < 1.29 is 39.1 Å². The first-order valence-electron chi connectivity index (χ1n) is 11.3. The zero-order valence-electron chi connectivity index (χ0n) is 20.0. The van der Waals surface area contributed by atoms with Gasteiger partial charge in [-0.2, -0.15) is 30.0 Å². The Morgan fingerprint density at radius 3 is 2.03 bits per heavy atom. The molecular weight excluding hydrogens is 553 g/mol. The first-order chi connectivity index (χ1) is 17.6. The third-order valence-corrected chi connectivity index (χ3v) is 7.53. The molecule has 0 saturated carbocycles. The first-order valence-corrected chi connectivity index (χ1v) is 14.6. The molecule has 38 heavy (non-hydrogen) atoms. The summed E-state index contributed by atoms with van der Waals surface area (Å²) < 4.78 is 95.9. The summed E-state index contributed by atoms with van der Waals surface area (Å²) in [4.78, 5) is 19.2. The number of para-hydroxylation sites is 2. The molecule has 0 unspecified atom stereocenters. The lowest BCUT2D eigenvalue weighted by molar-refractivity contribution is -0.137. The third kappa shape index (κ3) is 8.83. The smallest absolute Gasteiger partial charge is 0.369 e. The van der Waals surface area contributed by atoms with Crippen LogP contribution in [0.4, 0.5) is 18.9 Å². The fourth-order valence-corrected chi connectivity index (χ4v) is 5.57. The zero-order chi connectivity index (χ0) is 28.1. The molecule has 0 amide bonds. The fourth-order valence-electron chi connectivity index (χ4n) is 3.89. The van der Waals surface area contributed by atoms with Crippen LogP contribution in [0.25, 0.3) is 11.0 Å². The number of rotatable bonds is 7. The summed E-state index contributed by atoms with van der Waals surface area (Å²) in [6.07, 6.45) is -4.33.